The van der Waals surface area contributed by atoms with Crippen molar-refractivity contribution in [2.75, 3.05) is 30.6 Å². The molecule has 9 heteroatoms. The Balaban J connectivity index is 1.90. The Morgan fingerprint density at radius 3 is 2.17 bits per heavy atom. The molecule has 2 aromatic rings. The normalized spacial score (nSPS) is 10.1. The molecule has 0 aliphatic heterocycles. The number of carboxylic acids is 1. The van der Waals surface area contributed by atoms with E-state index in [0.29, 0.717) is 22.9 Å². The molecule has 0 heterocycles. The van der Waals surface area contributed by atoms with E-state index < -0.39 is 5.97 Å². The highest BCUT2D eigenvalue weighted by molar-refractivity contribution is 8.00. The quantitative estimate of drug-likeness (QED) is 0.508. The van der Waals surface area contributed by atoms with Gasteiger partial charge in [0.05, 0.1) is 26.4 Å². The molecule has 8 nitrogen and oxygen atoms in total. The van der Waals surface area contributed by atoms with Crippen LogP contribution in [0, 0.1) is 0 Å². The van der Waals surface area contributed by atoms with Crippen LogP contribution in [0.25, 0.3) is 0 Å². The molecule has 0 bridgehead atoms. The fraction of sp³-hybridized carbons (Fsp3) is 0.250. The van der Waals surface area contributed by atoms with Gasteiger partial charge in [-0.05, 0) is 18.2 Å². The van der Waals surface area contributed by atoms with Crippen LogP contribution in [0.3, 0.4) is 0 Å². The number of methoxy groups -OCH3 is 2. The standard InChI is InChI=1S/C20H22N2O6S/c1-27-15-8-14(9-16(11-15)28-2)22-19(24)12-29-17-5-3-4-13(10-17)21-18(23)6-7-20(25)26/h3-5,8-11H,6-7,12H2,1-2H3,(H,21,23)(H,22,24)(H,25,26). The van der Waals surface area contributed by atoms with Gasteiger partial charge in [-0.25, -0.2) is 0 Å². The maximum Gasteiger partial charge on any atom is 0.303 e. The van der Waals surface area contributed by atoms with Crippen LogP contribution in [0.2, 0.25) is 0 Å². The number of ether oxygens (including phenoxy) is 2. The maximum atomic E-state index is 12.3. The third-order valence-electron chi connectivity index (χ3n) is 3.69. The highest BCUT2D eigenvalue weighted by Gasteiger charge is 2.09. The van der Waals surface area contributed by atoms with Crippen LogP contribution >= 0.6 is 11.8 Å². The summed E-state index contributed by atoms with van der Waals surface area (Å²) in [6.45, 7) is 0. The van der Waals surface area contributed by atoms with Crippen molar-refractivity contribution >= 4 is 40.9 Å². The van der Waals surface area contributed by atoms with E-state index in [1.165, 1.54) is 26.0 Å². The monoisotopic (exact) mass is 418 g/mol. The molecule has 0 saturated heterocycles. The molecule has 2 aromatic carbocycles. The number of benzene rings is 2. The van der Waals surface area contributed by atoms with Gasteiger partial charge in [0.15, 0.2) is 0 Å². The molecule has 0 aliphatic rings. The summed E-state index contributed by atoms with van der Waals surface area (Å²) < 4.78 is 10.4. The minimum Gasteiger partial charge on any atom is -0.497 e. The molecule has 154 valence electrons. The van der Waals surface area contributed by atoms with Crippen molar-refractivity contribution in [3.63, 3.8) is 0 Å². The minimum atomic E-state index is -1.02. The second kappa shape index (κ2) is 11.0. The number of carbonyl (C=O) groups excluding carboxylic acids is 2. The van der Waals surface area contributed by atoms with Gasteiger partial charge < -0.3 is 25.2 Å². The minimum absolute atomic E-state index is 0.0981. The van der Waals surface area contributed by atoms with Crippen molar-refractivity contribution in [1.82, 2.24) is 0 Å². The number of aliphatic carboxylic acids is 1. The van der Waals surface area contributed by atoms with Gasteiger partial charge in [-0.3, -0.25) is 14.4 Å². The number of nitrogens with one attached hydrogen (secondary N) is 2. The Bertz CT molecular complexity index is 865. The first-order valence-corrected chi connectivity index (χ1v) is 9.65. The third-order valence-corrected chi connectivity index (χ3v) is 4.68. The van der Waals surface area contributed by atoms with Gasteiger partial charge in [0.1, 0.15) is 11.5 Å². The topological polar surface area (TPSA) is 114 Å². The van der Waals surface area contributed by atoms with Gasteiger partial charge in [0.2, 0.25) is 11.8 Å². The van der Waals surface area contributed by atoms with Crippen molar-refractivity contribution < 1.29 is 29.0 Å². The lowest BCUT2D eigenvalue weighted by Gasteiger charge is -2.10. The van der Waals surface area contributed by atoms with Crippen molar-refractivity contribution in [2.45, 2.75) is 17.7 Å². The zero-order valence-corrected chi connectivity index (χ0v) is 16.9. The number of thioether (sulfide) groups is 1. The fourth-order valence-corrected chi connectivity index (χ4v) is 3.09. The van der Waals surface area contributed by atoms with E-state index >= 15 is 0 Å². The first-order valence-electron chi connectivity index (χ1n) is 8.67. The SMILES string of the molecule is COc1cc(NC(=O)CSc2cccc(NC(=O)CCC(=O)O)c2)cc(OC)c1. The summed E-state index contributed by atoms with van der Waals surface area (Å²) in [6.07, 6.45) is -0.325. The largest absolute Gasteiger partial charge is 0.497 e. The predicted molar refractivity (Wildman–Crippen MR) is 111 cm³/mol. The zero-order valence-electron chi connectivity index (χ0n) is 16.1. The maximum absolute atomic E-state index is 12.3. The van der Waals surface area contributed by atoms with Crippen molar-refractivity contribution in [1.29, 1.82) is 0 Å². The van der Waals surface area contributed by atoms with Crippen LogP contribution in [0.5, 0.6) is 11.5 Å². The van der Waals surface area contributed by atoms with Gasteiger partial charge in [0.25, 0.3) is 0 Å². The average molecular weight is 418 g/mol. The number of anilines is 2. The van der Waals surface area contributed by atoms with E-state index in [4.69, 9.17) is 14.6 Å². The lowest BCUT2D eigenvalue weighted by molar-refractivity contribution is -0.138. The number of carbonyl (C=O) groups is 3. The fourth-order valence-electron chi connectivity index (χ4n) is 2.33. The number of amides is 2. The molecular weight excluding hydrogens is 396 g/mol. The first kappa shape index (κ1) is 22.1. The van der Waals surface area contributed by atoms with E-state index in [1.807, 2.05) is 6.07 Å². The number of hydrogen-bond donors (Lipinski definition) is 3. The van der Waals surface area contributed by atoms with E-state index in [9.17, 15) is 14.4 Å². The van der Waals surface area contributed by atoms with Gasteiger partial charge >= 0.3 is 5.97 Å². The molecule has 29 heavy (non-hydrogen) atoms. The molecule has 0 atom stereocenters. The molecule has 0 radical (unpaired) electrons. The molecule has 0 spiro atoms. The van der Waals surface area contributed by atoms with E-state index in [-0.39, 0.29) is 30.4 Å². The van der Waals surface area contributed by atoms with Crippen LogP contribution < -0.4 is 20.1 Å². The van der Waals surface area contributed by atoms with Gasteiger partial charge in [0, 0.05) is 40.9 Å². The Kier molecular flexibility index (Phi) is 8.35. The summed E-state index contributed by atoms with van der Waals surface area (Å²) >= 11 is 1.31. The average Bonchev–Trinajstić information content (AvgIpc) is 2.70. The highest BCUT2D eigenvalue weighted by Crippen LogP contribution is 2.26. The Morgan fingerprint density at radius 2 is 1.55 bits per heavy atom. The summed E-state index contributed by atoms with van der Waals surface area (Å²) in [6, 6.07) is 12.1. The van der Waals surface area contributed by atoms with E-state index in [2.05, 4.69) is 10.6 Å². The molecule has 0 aromatic heterocycles. The Labute approximate surface area is 172 Å². The lowest BCUT2D eigenvalue weighted by Crippen LogP contribution is -2.14. The second-order valence-electron chi connectivity index (χ2n) is 5.91. The molecular formula is C20H22N2O6S. The lowest BCUT2D eigenvalue weighted by atomic mass is 10.2. The summed E-state index contributed by atoms with van der Waals surface area (Å²) in [4.78, 5) is 35.3. The van der Waals surface area contributed by atoms with Gasteiger partial charge in [-0.2, -0.15) is 0 Å². The van der Waals surface area contributed by atoms with Crippen LogP contribution in [-0.2, 0) is 14.4 Å². The summed E-state index contributed by atoms with van der Waals surface area (Å²) in [5.74, 6) is -0.308. The molecule has 0 saturated carbocycles. The summed E-state index contributed by atoms with van der Waals surface area (Å²) in [5.41, 5.74) is 1.11. The second-order valence-corrected chi connectivity index (χ2v) is 6.96. The highest BCUT2D eigenvalue weighted by atomic mass is 32.2. The predicted octanol–water partition coefficient (Wildman–Crippen LogP) is 3.24. The Morgan fingerprint density at radius 1 is 0.897 bits per heavy atom. The molecule has 0 fully saturated rings. The van der Waals surface area contributed by atoms with Crippen LogP contribution in [0.1, 0.15) is 12.8 Å². The van der Waals surface area contributed by atoms with E-state index in [0.717, 1.165) is 4.90 Å². The number of hydrogen-bond acceptors (Lipinski definition) is 6. The third kappa shape index (κ3) is 7.74. The van der Waals surface area contributed by atoms with Crippen LogP contribution in [0.15, 0.2) is 47.4 Å². The smallest absolute Gasteiger partial charge is 0.303 e. The van der Waals surface area contributed by atoms with Crippen LogP contribution in [-0.4, -0.2) is 42.9 Å². The summed E-state index contributed by atoms with van der Waals surface area (Å²) in [5, 5.41) is 14.1. The molecule has 3 N–H and O–H groups in total. The Hall–Kier alpha value is -3.20. The summed E-state index contributed by atoms with van der Waals surface area (Å²) in [7, 11) is 3.06. The number of rotatable bonds is 10. The molecule has 2 rings (SSSR count). The van der Waals surface area contributed by atoms with Crippen molar-refractivity contribution in [3.8, 4) is 11.5 Å². The molecule has 0 unspecified atom stereocenters. The molecule has 2 amide bonds. The van der Waals surface area contributed by atoms with Crippen LogP contribution in [0.4, 0.5) is 11.4 Å². The number of carboxylic acid groups (broad SMARTS) is 1. The molecule has 0 aliphatic carbocycles. The zero-order chi connectivity index (χ0) is 21.2. The van der Waals surface area contributed by atoms with E-state index in [1.54, 1.807) is 36.4 Å². The van der Waals surface area contributed by atoms with Gasteiger partial charge in [-0.1, -0.05) is 6.07 Å². The first-order chi connectivity index (χ1) is 13.9. The van der Waals surface area contributed by atoms with Crippen molar-refractivity contribution in [2.24, 2.45) is 0 Å². The van der Waals surface area contributed by atoms with Crippen molar-refractivity contribution in [3.05, 3.63) is 42.5 Å². The van der Waals surface area contributed by atoms with Gasteiger partial charge in [-0.15, -0.1) is 11.8 Å².